The van der Waals surface area contributed by atoms with E-state index in [1.54, 1.807) is 12.1 Å². The van der Waals surface area contributed by atoms with Crippen molar-refractivity contribution in [3.8, 4) is 0 Å². The van der Waals surface area contributed by atoms with Crippen molar-refractivity contribution in [1.82, 2.24) is 4.98 Å². The molecular formula is C18H14ClFN2O. The molecule has 5 heteroatoms. The summed E-state index contributed by atoms with van der Waals surface area (Å²) in [7, 11) is 0. The molecule has 0 spiro atoms. The number of amides is 1. The molecule has 1 aliphatic carbocycles. The van der Waals surface area contributed by atoms with Gasteiger partial charge in [0, 0.05) is 27.8 Å². The van der Waals surface area contributed by atoms with E-state index in [1.165, 1.54) is 12.1 Å². The van der Waals surface area contributed by atoms with E-state index < -0.39 is 5.41 Å². The number of fused-ring (bicyclic) bond motifs is 1. The molecule has 1 aromatic heterocycles. The van der Waals surface area contributed by atoms with E-state index in [0.717, 1.165) is 29.3 Å². The van der Waals surface area contributed by atoms with E-state index in [0.29, 0.717) is 10.7 Å². The summed E-state index contributed by atoms with van der Waals surface area (Å²) in [6.45, 7) is 0. The van der Waals surface area contributed by atoms with Crippen molar-refractivity contribution < 1.29 is 9.18 Å². The summed E-state index contributed by atoms with van der Waals surface area (Å²) in [5.41, 5.74) is 1.81. The zero-order valence-electron chi connectivity index (χ0n) is 12.2. The average Bonchev–Trinajstić information content (AvgIpc) is 3.22. The molecule has 3 nitrogen and oxygen atoms in total. The quantitative estimate of drug-likeness (QED) is 0.723. The van der Waals surface area contributed by atoms with E-state index in [2.05, 4.69) is 10.3 Å². The molecule has 23 heavy (non-hydrogen) atoms. The van der Waals surface area contributed by atoms with Gasteiger partial charge in [-0.15, -0.1) is 0 Å². The van der Waals surface area contributed by atoms with Crippen molar-refractivity contribution in [2.24, 2.45) is 0 Å². The van der Waals surface area contributed by atoms with Crippen LogP contribution in [-0.4, -0.2) is 10.9 Å². The van der Waals surface area contributed by atoms with Gasteiger partial charge in [-0.1, -0.05) is 17.7 Å². The van der Waals surface area contributed by atoms with Crippen LogP contribution in [0.15, 0.2) is 48.7 Å². The summed E-state index contributed by atoms with van der Waals surface area (Å²) in [4.78, 5) is 15.9. The number of halogens is 2. The third kappa shape index (κ3) is 2.39. The molecule has 116 valence electrons. The fourth-order valence-corrected chi connectivity index (χ4v) is 3.22. The smallest absolute Gasteiger partial charge is 0.235 e. The summed E-state index contributed by atoms with van der Waals surface area (Å²) in [6.07, 6.45) is 3.42. The van der Waals surface area contributed by atoms with Crippen LogP contribution in [0.25, 0.3) is 10.9 Å². The molecule has 4 rings (SSSR count). The number of hydrogen-bond acceptors (Lipinski definition) is 1. The van der Waals surface area contributed by atoms with Crippen LogP contribution in [0.2, 0.25) is 5.02 Å². The fourth-order valence-electron chi connectivity index (χ4n) is 3.05. The Balaban J connectivity index is 1.69. The highest BCUT2D eigenvalue weighted by molar-refractivity contribution is 6.31. The molecule has 1 heterocycles. The second-order valence-electron chi connectivity index (χ2n) is 5.94. The zero-order chi connectivity index (χ0) is 16.0. The van der Waals surface area contributed by atoms with Gasteiger partial charge in [-0.25, -0.2) is 4.39 Å². The number of anilines is 1. The van der Waals surface area contributed by atoms with Gasteiger partial charge in [-0.2, -0.15) is 0 Å². The summed E-state index contributed by atoms with van der Waals surface area (Å²) in [5, 5.41) is 4.43. The van der Waals surface area contributed by atoms with Crippen molar-refractivity contribution in [2.45, 2.75) is 18.3 Å². The SMILES string of the molecule is O=C(Nc1cccc(F)c1)C1(c2c[nH]c3ccc(Cl)cc23)CC1. The highest BCUT2D eigenvalue weighted by atomic mass is 35.5. The van der Waals surface area contributed by atoms with Gasteiger partial charge in [0.2, 0.25) is 5.91 Å². The number of hydrogen-bond donors (Lipinski definition) is 2. The Hall–Kier alpha value is -2.33. The predicted octanol–water partition coefficient (Wildman–Crippen LogP) is 4.63. The second-order valence-corrected chi connectivity index (χ2v) is 6.38. The minimum Gasteiger partial charge on any atom is -0.361 e. The van der Waals surface area contributed by atoms with Crippen molar-refractivity contribution in [1.29, 1.82) is 0 Å². The lowest BCUT2D eigenvalue weighted by atomic mass is 9.94. The van der Waals surface area contributed by atoms with Crippen molar-refractivity contribution in [3.05, 3.63) is 65.1 Å². The molecule has 0 aliphatic heterocycles. The van der Waals surface area contributed by atoms with Gasteiger partial charge in [0.1, 0.15) is 5.82 Å². The number of nitrogens with one attached hydrogen (secondary N) is 2. The van der Waals surface area contributed by atoms with Crippen molar-refractivity contribution in [3.63, 3.8) is 0 Å². The highest BCUT2D eigenvalue weighted by Crippen LogP contribution is 2.51. The Kier molecular flexibility index (Phi) is 3.16. The maximum absolute atomic E-state index is 13.3. The van der Waals surface area contributed by atoms with E-state index in [1.807, 2.05) is 24.4 Å². The molecule has 2 aromatic carbocycles. The number of benzene rings is 2. The minimum absolute atomic E-state index is 0.107. The van der Waals surface area contributed by atoms with E-state index in [4.69, 9.17) is 11.6 Å². The van der Waals surface area contributed by atoms with E-state index in [-0.39, 0.29) is 11.7 Å². The first kappa shape index (κ1) is 14.3. The van der Waals surface area contributed by atoms with Crippen LogP contribution in [0, 0.1) is 5.82 Å². The van der Waals surface area contributed by atoms with Crippen LogP contribution in [0.3, 0.4) is 0 Å². The molecule has 2 N–H and O–H groups in total. The van der Waals surface area contributed by atoms with Crippen LogP contribution in [-0.2, 0) is 10.2 Å². The molecule has 1 aliphatic rings. The van der Waals surface area contributed by atoms with E-state index >= 15 is 0 Å². The van der Waals surface area contributed by atoms with Crippen molar-refractivity contribution in [2.75, 3.05) is 5.32 Å². The maximum atomic E-state index is 13.3. The fraction of sp³-hybridized carbons (Fsp3) is 0.167. The summed E-state index contributed by atoms with van der Waals surface area (Å²) in [6, 6.07) is 11.5. The standard InChI is InChI=1S/C18H14ClFN2O/c19-11-4-5-16-14(8-11)15(10-21-16)18(6-7-18)17(23)22-13-3-1-2-12(20)9-13/h1-5,8-10,21H,6-7H2,(H,22,23). The number of aromatic amines is 1. The lowest BCUT2D eigenvalue weighted by Gasteiger charge is -2.15. The minimum atomic E-state index is -0.560. The third-order valence-electron chi connectivity index (χ3n) is 4.43. The van der Waals surface area contributed by atoms with Crippen LogP contribution < -0.4 is 5.32 Å². The Morgan fingerprint density at radius 1 is 1.22 bits per heavy atom. The van der Waals surface area contributed by atoms with Gasteiger partial charge in [0.05, 0.1) is 5.41 Å². The van der Waals surface area contributed by atoms with Crippen molar-refractivity contribution >= 4 is 34.1 Å². The van der Waals surface area contributed by atoms with Crippen LogP contribution >= 0.6 is 11.6 Å². The number of carbonyl (C=O) groups is 1. The summed E-state index contributed by atoms with van der Waals surface area (Å²) >= 11 is 6.09. The number of aromatic nitrogens is 1. The lowest BCUT2D eigenvalue weighted by molar-refractivity contribution is -0.118. The first-order valence-electron chi connectivity index (χ1n) is 7.43. The zero-order valence-corrected chi connectivity index (χ0v) is 13.0. The molecule has 0 radical (unpaired) electrons. The normalized spacial score (nSPS) is 15.6. The van der Waals surface area contributed by atoms with Gasteiger partial charge in [0.25, 0.3) is 0 Å². The molecule has 1 amide bonds. The Morgan fingerprint density at radius 3 is 2.78 bits per heavy atom. The van der Waals surface area contributed by atoms with Gasteiger partial charge in [0.15, 0.2) is 0 Å². The third-order valence-corrected chi connectivity index (χ3v) is 4.66. The summed E-state index contributed by atoms with van der Waals surface area (Å²) in [5.74, 6) is -0.476. The number of rotatable bonds is 3. The monoisotopic (exact) mass is 328 g/mol. The molecule has 0 saturated heterocycles. The van der Waals surface area contributed by atoms with Crippen LogP contribution in [0.5, 0.6) is 0 Å². The van der Waals surface area contributed by atoms with Gasteiger partial charge in [-0.3, -0.25) is 4.79 Å². The van der Waals surface area contributed by atoms with Crippen LogP contribution in [0.1, 0.15) is 18.4 Å². The largest absolute Gasteiger partial charge is 0.361 e. The molecule has 1 saturated carbocycles. The number of H-pyrrole nitrogens is 1. The molecular weight excluding hydrogens is 315 g/mol. The van der Waals surface area contributed by atoms with Gasteiger partial charge in [-0.05, 0) is 54.8 Å². The highest BCUT2D eigenvalue weighted by Gasteiger charge is 2.52. The lowest BCUT2D eigenvalue weighted by Crippen LogP contribution is -2.27. The number of carbonyl (C=O) groups excluding carboxylic acids is 1. The Morgan fingerprint density at radius 2 is 2.04 bits per heavy atom. The first-order chi connectivity index (χ1) is 11.1. The molecule has 0 bridgehead atoms. The van der Waals surface area contributed by atoms with Gasteiger partial charge < -0.3 is 10.3 Å². The molecule has 0 unspecified atom stereocenters. The Bertz CT molecular complexity index is 914. The van der Waals surface area contributed by atoms with Gasteiger partial charge >= 0.3 is 0 Å². The Labute approximate surface area is 137 Å². The average molecular weight is 329 g/mol. The molecule has 3 aromatic rings. The second kappa shape index (κ2) is 5.10. The van der Waals surface area contributed by atoms with Crippen LogP contribution in [0.4, 0.5) is 10.1 Å². The molecule has 0 atom stereocenters. The topological polar surface area (TPSA) is 44.9 Å². The predicted molar refractivity (Wildman–Crippen MR) is 89.3 cm³/mol. The summed E-state index contributed by atoms with van der Waals surface area (Å²) < 4.78 is 13.3. The first-order valence-corrected chi connectivity index (χ1v) is 7.80. The maximum Gasteiger partial charge on any atom is 0.235 e. The molecule has 1 fully saturated rings. The van der Waals surface area contributed by atoms with E-state index in [9.17, 15) is 9.18 Å².